The molecule has 1 aliphatic rings. The van der Waals surface area contributed by atoms with Crippen LogP contribution in [0.1, 0.15) is 31.7 Å². The number of nitrogens with zero attached hydrogens (tertiary/aromatic N) is 1. The number of guanidine groups is 1. The van der Waals surface area contributed by atoms with E-state index >= 15 is 0 Å². The number of nitrogens with one attached hydrogen (secondary N) is 2. The van der Waals surface area contributed by atoms with Gasteiger partial charge in [-0.3, -0.25) is 0 Å². The third-order valence-electron chi connectivity index (χ3n) is 3.87. The Morgan fingerprint density at radius 2 is 2.04 bits per heavy atom. The Labute approximate surface area is 181 Å². The van der Waals surface area contributed by atoms with Crippen molar-refractivity contribution in [3.63, 3.8) is 0 Å². The van der Waals surface area contributed by atoms with Gasteiger partial charge < -0.3 is 20.1 Å². The summed E-state index contributed by atoms with van der Waals surface area (Å²) >= 11 is 0. The van der Waals surface area contributed by atoms with Gasteiger partial charge in [0.25, 0.3) is 0 Å². The van der Waals surface area contributed by atoms with Gasteiger partial charge in [0.15, 0.2) is 12.6 Å². The van der Waals surface area contributed by atoms with E-state index in [0.29, 0.717) is 12.5 Å². The smallest absolute Gasteiger partial charge is 0.422 e. The third kappa shape index (κ3) is 11.6. The van der Waals surface area contributed by atoms with Crippen molar-refractivity contribution >= 4 is 29.9 Å². The maximum Gasteiger partial charge on any atom is 0.422 e. The second kappa shape index (κ2) is 13.1. The van der Waals surface area contributed by atoms with E-state index in [4.69, 9.17) is 9.47 Å². The highest BCUT2D eigenvalue weighted by atomic mass is 127. The molecule has 1 fully saturated rings. The largest absolute Gasteiger partial charge is 0.484 e. The average molecular weight is 515 g/mol. The Hall–Kier alpha value is -1.23. The molecule has 2 N–H and O–H groups in total. The quantitative estimate of drug-likeness (QED) is 0.202. The van der Waals surface area contributed by atoms with E-state index in [1.165, 1.54) is 18.9 Å². The van der Waals surface area contributed by atoms with Crippen LogP contribution in [-0.2, 0) is 11.3 Å². The van der Waals surface area contributed by atoms with E-state index in [1.54, 1.807) is 18.2 Å². The topological polar surface area (TPSA) is 54.9 Å². The molecule has 0 aromatic heterocycles. The molecule has 0 radical (unpaired) electrons. The fraction of sp³-hybridized carbons (Fsp3) is 0.632. The van der Waals surface area contributed by atoms with Crippen LogP contribution >= 0.6 is 24.0 Å². The lowest BCUT2D eigenvalue weighted by atomic mass is 10.2. The molecule has 0 atom stereocenters. The molecule has 0 spiro atoms. The molecular weight excluding hydrogens is 486 g/mol. The first-order valence-corrected chi connectivity index (χ1v) is 9.34. The number of halogens is 4. The fourth-order valence-electron chi connectivity index (χ4n) is 2.33. The summed E-state index contributed by atoms with van der Waals surface area (Å²) in [6, 6.07) is 6.54. The molecule has 1 saturated carbocycles. The van der Waals surface area contributed by atoms with Crippen LogP contribution in [0.4, 0.5) is 13.2 Å². The summed E-state index contributed by atoms with van der Waals surface area (Å²) in [5.74, 6) is 1.62. The number of benzene rings is 1. The minimum Gasteiger partial charge on any atom is -0.484 e. The van der Waals surface area contributed by atoms with Gasteiger partial charge in [0, 0.05) is 26.3 Å². The van der Waals surface area contributed by atoms with Gasteiger partial charge in [-0.1, -0.05) is 12.1 Å². The van der Waals surface area contributed by atoms with Gasteiger partial charge in [-0.05, 0) is 49.8 Å². The molecule has 1 aromatic carbocycles. The minimum atomic E-state index is -4.35. The van der Waals surface area contributed by atoms with Gasteiger partial charge in [0.2, 0.25) is 0 Å². The highest BCUT2D eigenvalue weighted by Gasteiger charge is 2.28. The number of rotatable bonds is 11. The first kappa shape index (κ1) is 24.8. The zero-order valence-electron chi connectivity index (χ0n) is 16.1. The summed E-state index contributed by atoms with van der Waals surface area (Å²) in [5.41, 5.74) is 0.777. The van der Waals surface area contributed by atoms with Crippen molar-refractivity contribution in [3.8, 4) is 5.75 Å². The van der Waals surface area contributed by atoms with Gasteiger partial charge >= 0.3 is 6.18 Å². The van der Waals surface area contributed by atoms with Crippen LogP contribution in [0, 0.1) is 5.92 Å². The third-order valence-corrected chi connectivity index (χ3v) is 3.87. The van der Waals surface area contributed by atoms with Crippen LogP contribution in [0.25, 0.3) is 0 Å². The molecule has 5 nitrogen and oxygen atoms in total. The van der Waals surface area contributed by atoms with Crippen LogP contribution in [-0.4, -0.2) is 45.0 Å². The van der Waals surface area contributed by atoms with Crippen LogP contribution in [0.15, 0.2) is 29.3 Å². The molecule has 2 rings (SSSR count). The van der Waals surface area contributed by atoms with Crippen molar-refractivity contribution in [2.75, 3.05) is 32.9 Å². The van der Waals surface area contributed by atoms with Crippen LogP contribution in [0.2, 0.25) is 0 Å². The van der Waals surface area contributed by atoms with E-state index in [2.05, 4.69) is 15.6 Å². The van der Waals surface area contributed by atoms with Crippen molar-refractivity contribution in [3.05, 3.63) is 29.8 Å². The predicted molar refractivity (Wildman–Crippen MR) is 114 cm³/mol. The van der Waals surface area contributed by atoms with Crippen LogP contribution in [0.3, 0.4) is 0 Å². The molecular formula is C19H29F3IN3O2. The SMILES string of the molecule is CCNC(=NCc1cccc(OCC(F)(F)F)c1)NCCCOCC1CC1.I. The number of aliphatic imine (C=N–C) groups is 1. The summed E-state index contributed by atoms with van der Waals surface area (Å²) in [7, 11) is 0. The van der Waals surface area contributed by atoms with E-state index in [0.717, 1.165) is 44.2 Å². The first-order chi connectivity index (χ1) is 13.0. The lowest BCUT2D eigenvalue weighted by Gasteiger charge is -2.12. The molecule has 0 heterocycles. The maximum atomic E-state index is 12.2. The average Bonchev–Trinajstić information content (AvgIpc) is 3.45. The molecule has 0 bridgehead atoms. The lowest BCUT2D eigenvalue weighted by Crippen LogP contribution is -2.38. The van der Waals surface area contributed by atoms with Gasteiger partial charge in [-0.15, -0.1) is 24.0 Å². The zero-order valence-corrected chi connectivity index (χ0v) is 18.4. The van der Waals surface area contributed by atoms with E-state index in [1.807, 2.05) is 6.92 Å². The molecule has 1 aromatic rings. The standard InChI is InChI=1S/C19H28F3N3O2.HI/c1-2-23-18(24-9-4-10-26-13-15-7-8-15)25-12-16-5-3-6-17(11-16)27-14-19(20,21)22;/h3,5-6,11,15H,2,4,7-10,12-14H2,1H3,(H2,23,24,25);1H. The van der Waals surface area contributed by atoms with Gasteiger partial charge in [-0.25, -0.2) is 4.99 Å². The highest BCUT2D eigenvalue weighted by molar-refractivity contribution is 14.0. The Morgan fingerprint density at radius 1 is 1.25 bits per heavy atom. The Bertz CT molecular complexity index is 596. The van der Waals surface area contributed by atoms with Gasteiger partial charge in [0.05, 0.1) is 6.54 Å². The molecule has 1 aliphatic carbocycles. The predicted octanol–water partition coefficient (Wildman–Crippen LogP) is 4.12. The van der Waals surface area contributed by atoms with Gasteiger partial charge in [-0.2, -0.15) is 13.2 Å². The molecule has 0 unspecified atom stereocenters. The second-order valence-electron chi connectivity index (χ2n) is 6.55. The molecule has 28 heavy (non-hydrogen) atoms. The first-order valence-electron chi connectivity index (χ1n) is 9.34. The van der Waals surface area contributed by atoms with E-state index in [-0.39, 0.29) is 29.7 Å². The number of hydrogen-bond donors (Lipinski definition) is 2. The molecule has 9 heteroatoms. The highest BCUT2D eigenvalue weighted by Crippen LogP contribution is 2.28. The summed E-state index contributed by atoms with van der Waals surface area (Å²) in [5, 5.41) is 6.38. The van der Waals surface area contributed by atoms with Crippen LogP contribution in [0.5, 0.6) is 5.75 Å². The summed E-state index contributed by atoms with van der Waals surface area (Å²) < 4.78 is 47.1. The molecule has 0 amide bonds. The zero-order chi connectivity index (χ0) is 19.5. The minimum absolute atomic E-state index is 0. The number of hydrogen-bond acceptors (Lipinski definition) is 3. The summed E-state index contributed by atoms with van der Waals surface area (Å²) in [6.07, 6.45) is -0.883. The molecule has 160 valence electrons. The van der Waals surface area contributed by atoms with E-state index < -0.39 is 12.8 Å². The van der Waals surface area contributed by atoms with Crippen molar-refractivity contribution in [1.29, 1.82) is 0 Å². The summed E-state index contributed by atoms with van der Waals surface area (Å²) in [6.45, 7) is 4.07. The maximum absolute atomic E-state index is 12.2. The fourth-order valence-corrected chi connectivity index (χ4v) is 2.33. The lowest BCUT2D eigenvalue weighted by molar-refractivity contribution is -0.153. The number of alkyl halides is 3. The summed E-state index contributed by atoms with van der Waals surface area (Å²) in [4.78, 5) is 4.47. The van der Waals surface area contributed by atoms with Crippen molar-refractivity contribution < 1.29 is 22.6 Å². The Morgan fingerprint density at radius 3 is 2.71 bits per heavy atom. The molecule has 0 aliphatic heterocycles. The normalized spacial score (nSPS) is 14.4. The Balaban J connectivity index is 0.00000392. The van der Waals surface area contributed by atoms with Crippen molar-refractivity contribution in [2.24, 2.45) is 10.9 Å². The number of ether oxygens (including phenoxy) is 2. The second-order valence-corrected chi connectivity index (χ2v) is 6.55. The van der Waals surface area contributed by atoms with Crippen molar-refractivity contribution in [1.82, 2.24) is 10.6 Å². The van der Waals surface area contributed by atoms with Crippen LogP contribution < -0.4 is 15.4 Å². The van der Waals surface area contributed by atoms with E-state index in [9.17, 15) is 13.2 Å². The van der Waals surface area contributed by atoms with Gasteiger partial charge in [0.1, 0.15) is 5.75 Å². The van der Waals surface area contributed by atoms with Crippen molar-refractivity contribution in [2.45, 2.75) is 38.9 Å². The molecule has 0 saturated heterocycles. The monoisotopic (exact) mass is 515 g/mol. The Kier molecular flexibility index (Phi) is 11.6.